The van der Waals surface area contributed by atoms with Gasteiger partial charge in [0.1, 0.15) is 11.2 Å². The molecule has 4 heterocycles. The molecule has 4 aromatic heterocycles. The van der Waals surface area contributed by atoms with E-state index in [-0.39, 0.29) is 5.41 Å². The van der Waals surface area contributed by atoms with Crippen LogP contribution in [0, 0.1) is 0 Å². The molecule has 13 aromatic rings. The summed E-state index contributed by atoms with van der Waals surface area (Å²) in [6.07, 6.45) is 0. The molecule has 0 N–H and O–H groups in total. The largest absolute Gasteiger partial charge is 0.456 e. The maximum Gasteiger partial charge on any atom is 0.164 e. The Morgan fingerprint density at radius 2 is 1.02 bits per heavy atom. The molecule has 6 nitrogen and oxygen atoms in total. The second-order valence-corrected chi connectivity index (χ2v) is 18.0. The number of fused-ring (bicyclic) bond motifs is 13. The molecular weight excluding hydrogens is 807 g/mol. The van der Waals surface area contributed by atoms with Crippen molar-refractivity contribution in [1.82, 2.24) is 24.1 Å². The van der Waals surface area contributed by atoms with Gasteiger partial charge in [-0.25, -0.2) is 15.0 Å². The standard InChI is InChI=1S/C60H39N5O/c1-60(2)46-25-13-9-21-40(46)41-30-29-37(33-47(41)60)58-61-57(36-17-5-3-6-18-36)62-59(63-58)38-34-51(54-45-24-12-16-28-52(45)66-53(54)35-38)65-48-26-14-10-22-42(48)43-31-32-50-55(56(43)65)44-23-11-15-27-49(44)64(50)39-19-7-4-8-20-39/h3-35H,1-2H3. The smallest absolute Gasteiger partial charge is 0.164 e. The van der Waals surface area contributed by atoms with Gasteiger partial charge in [-0.1, -0.05) is 159 Å². The summed E-state index contributed by atoms with van der Waals surface area (Å²) in [4.78, 5) is 15.9. The van der Waals surface area contributed by atoms with Crippen LogP contribution in [-0.2, 0) is 5.41 Å². The van der Waals surface area contributed by atoms with E-state index in [1.54, 1.807) is 0 Å². The van der Waals surface area contributed by atoms with Crippen LogP contribution in [0.2, 0.25) is 0 Å². The Bertz CT molecular complexity index is 4140. The van der Waals surface area contributed by atoms with E-state index in [0.29, 0.717) is 17.5 Å². The number of hydrogen-bond donors (Lipinski definition) is 0. The van der Waals surface area contributed by atoms with Crippen LogP contribution in [0.25, 0.3) is 122 Å². The lowest BCUT2D eigenvalue weighted by molar-refractivity contribution is 0.660. The monoisotopic (exact) mass is 845 g/mol. The summed E-state index contributed by atoms with van der Waals surface area (Å²) in [5, 5.41) is 6.79. The van der Waals surface area contributed by atoms with Crippen LogP contribution in [0.3, 0.4) is 0 Å². The minimum Gasteiger partial charge on any atom is -0.456 e. The lowest BCUT2D eigenvalue weighted by Gasteiger charge is -2.21. The third-order valence-electron chi connectivity index (χ3n) is 14.0. The molecule has 0 amide bonds. The molecule has 0 bridgehead atoms. The van der Waals surface area contributed by atoms with E-state index in [4.69, 9.17) is 19.4 Å². The van der Waals surface area contributed by atoms with Crippen molar-refractivity contribution in [1.29, 1.82) is 0 Å². The highest BCUT2D eigenvalue weighted by atomic mass is 16.3. The predicted molar refractivity (Wildman–Crippen MR) is 270 cm³/mol. The fourth-order valence-corrected chi connectivity index (χ4v) is 10.9. The Kier molecular flexibility index (Phi) is 7.64. The van der Waals surface area contributed by atoms with Gasteiger partial charge in [0.05, 0.1) is 33.1 Å². The van der Waals surface area contributed by atoms with E-state index in [2.05, 4.69) is 199 Å². The highest BCUT2D eigenvalue weighted by Gasteiger charge is 2.35. The molecule has 1 aliphatic carbocycles. The van der Waals surface area contributed by atoms with E-state index in [0.717, 1.165) is 72.1 Å². The number of aromatic nitrogens is 5. The fraction of sp³-hybridized carbons (Fsp3) is 0.0500. The van der Waals surface area contributed by atoms with Crippen molar-refractivity contribution < 1.29 is 4.42 Å². The molecule has 310 valence electrons. The summed E-state index contributed by atoms with van der Waals surface area (Å²) < 4.78 is 11.7. The van der Waals surface area contributed by atoms with Crippen molar-refractivity contribution >= 4 is 65.6 Å². The zero-order valence-corrected chi connectivity index (χ0v) is 36.2. The van der Waals surface area contributed by atoms with Gasteiger partial charge in [0, 0.05) is 54.7 Å². The number of benzene rings is 9. The first-order chi connectivity index (χ1) is 32.5. The number of furan rings is 1. The second-order valence-electron chi connectivity index (χ2n) is 18.0. The van der Waals surface area contributed by atoms with Crippen molar-refractivity contribution in [3.8, 4) is 56.7 Å². The molecule has 1 aliphatic rings. The maximum atomic E-state index is 6.84. The Morgan fingerprint density at radius 1 is 0.394 bits per heavy atom. The van der Waals surface area contributed by atoms with E-state index in [1.807, 2.05) is 24.3 Å². The van der Waals surface area contributed by atoms with Gasteiger partial charge in [-0.2, -0.15) is 0 Å². The van der Waals surface area contributed by atoms with Gasteiger partial charge >= 0.3 is 0 Å². The SMILES string of the molecule is CC1(C)c2ccccc2-c2ccc(-c3nc(-c4ccccc4)nc(-c4cc(-n5c6ccccc6c6ccc7c(c8ccccc8n7-c7ccccc7)c65)c5c(c4)oc4ccccc45)n3)cc21. The summed E-state index contributed by atoms with van der Waals surface area (Å²) in [6, 6.07) is 71.1. The van der Waals surface area contributed by atoms with Crippen molar-refractivity contribution in [3.63, 3.8) is 0 Å². The first-order valence-corrected chi connectivity index (χ1v) is 22.5. The Morgan fingerprint density at radius 3 is 1.82 bits per heavy atom. The summed E-state index contributed by atoms with van der Waals surface area (Å²) in [5.41, 5.74) is 15.9. The van der Waals surface area contributed by atoms with Gasteiger partial charge in [0.2, 0.25) is 0 Å². The zero-order valence-electron chi connectivity index (χ0n) is 36.2. The molecule has 0 radical (unpaired) electrons. The lowest BCUT2D eigenvalue weighted by atomic mass is 9.82. The molecule has 0 fully saturated rings. The quantitative estimate of drug-likeness (QED) is 0.173. The molecule has 6 heteroatoms. The van der Waals surface area contributed by atoms with Gasteiger partial charge in [0.15, 0.2) is 17.5 Å². The molecule has 0 saturated heterocycles. The second kappa shape index (κ2) is 13.7. The zero-order chi connectivity index (χ0) is 43.7. The molecule has 0 saturated carbocycles. The molecular formula is C60H39N5O. The highest BCUT2D eigenvalue weighted by Crippen LogP contribution is 2.50. The lowest BCUT2D eigenvalue weighted by Crippen LogP contribution is -2.15. The molecule has 9 aromatic carbocycles. The van der Waals surface area contributed by atoms with Gasteiger partial charge < -0.3 is 13.6 Å². The van der Waals surface area contributed by atoms with E-state index >= 15 is 0 Å². The van der Waals surface area contributed by atoms with Crippen LogP contribution in [0.4, 0.5) is 0 Å². The van der Waals surface area contributed by atoms with Gasteiger partial charge in [-0.3, -0.25) is 0 Å². The summed E-state index contributed by atoms with van der Waals surface area (Å²) in [6.45, 7) is 4.61. The Labute approximate surface area is 379 Å². The van der Waals surface area contributed by atoms with Crippen molar-refractivity contribution in [2.24, 2.45) is 0 Å². The molecule has 0 aliphatic heterocycles. The van der Waals surface area contributed by atoms with E-state index in [1.165, 1.54) is 43.8 Å². The van der Waals surface area contributed by atoms with Gasteiger partial charge in [-0.05, 0) is 76.9 Å². The van der Waals surface area contributed by atoms with Crippen LogP contribution in [0.15, 0.2) is 205 Å². The first kappa shape index (κ1) is 36.8. The van der Waals surface area contributed by atoms with Crippen LogP contribution < -0.4 is 0 Å². The maximum absolute atomic E-state index is 6.84. The van der Waals surface area contributed by atoms with Crippen LogP contribution in [-0.4, -0.2) is 24.1 Å². The summed E-state index contributed by atoms with van der Waals surface area (Å²) in [7, 11) is 0. The predicted octanol–water partition coefficient (Wildman–Crippen LogP) is 15.3. The Hall–Kier alpha value is -8.61. The Balaban J connectivity index is 1.08. The minimum absolute atomic E-state index is 0.178. The van der Waals surface area contributed by atoms with E-state index in [9.17, 15) is 0 Å². The van der Waals surface area contributed by atoms with Gasteiger partial charge in [0.25, 0.3) is 0 Å². The van der Waals surface area contributed by atoms with Crippen molar-refractivity contribution in [2.75, 3.05) is 0 Å². The number of nitrogens with zero attached hydrogens (tertiary/aromatic N) is 5. The summed E-state index contributed by atoms with van der Waals surface area (Å²) in [5.74, 6) is 1.79. The third kappa shape index (κ3) is 5.21. The number of hydrogen-bond acceptors (Lipinski definition) is 4. The molecule has 0 atom stereocenters. The summed E-state index contributed by atoms with van der Waals surface area (Å²) >= 11 is 0. The number of rotatable bonds is 5. The van der Waals surface area contributed by atoms with Crippen LogP contribution in [0.5, 0.6) is 0 Å². The molecule has 14 rings (SSSR count). The van der Waals surface area contributed by atoms with Crippen LogP contribution >= 0.6 is 0 Å². The van der Waals surface area contributed by atoms with Crippen molar-refractivity contribution in [2.45, 2.75) is 19.3 Å². The fourth-order valence-electron chi connectivity index (χ4n) is 10.9. The highest BCUT2D eigenvalue weighted by molar-refractivity contribution is 6.27. The third-order valence-corrected chi connectivity index (χ3v) is 14.0. The number of para-hydroxylation sites is 4. The van der Waals surface area contributed by atoms with Crippen molar-refractivity contribution in [3.05, 3.63) is 211 Å². The van der Waals surface area contributed by atoms with Crippen LogP contribution in [0.1, 0.15) is 25.0 Å². The average Bonchev–Trinajstić information content (AvgIpc) is 4.09. The van der Waals surface area contributed by atoms with E-state index < -0.39 is 0 Å². The normalized spacial score (nSPS) is 13.1. The minimum atomic E-state index is -0.178. The topological polar surface area (TPSA) is 61.7 Å². The molecule has 0 unspecified atom stereocenters. The first-order valence-electron chi connectivity index (χ1n) is 22.5. The average molecular weight is 846 g/mol. The molecule has 66 heavy (non-hydrogen) atoms. The van der Waals surface area contributed by atoms with Gasteiger partial charge in [-0.15, -0.1) is 0 Å². The molecule has 0 spiro atoms.